The van der Waals surface area contributed by atoms with Gasteiger partial charge in [-0.1, -0.05) is 5.16 Å². The largest absolute Gasteiger partial charge is 0.381 e. The van der Waals surface area contributed by atoms with Crippen LogP contribution in [0.3, 0.4) is 0 Å². The number of ketones is 1. The van der Waals surface area contributed by atoms with Gasteiger partial charge in [0.25, 0.3) is 0 Å². The summed E-state index contributed by atoms with van der Waals surface area (Å²) in [6, 6.07) is 0. The molecule has 2 aromatic rings. The van der Waals surface area contributed by atoms with E-state index >= 15 is 0 Å². The van der Waals surface area contributed by atoms with Gasteiger partial charge in [-0.25, -0.2) is 0 Å². The van der Waals surface area contributed by atoms with Gasteiger partial charge in [-0.2, -0.15) is 10.1 Å². The van der Waals surface area contributed by atoms with Crippen molar-refractivity contribution in [2.45, 2.75) is 39.7 Å². The lowest BCUT2D eigenvalue weighted by molar-refractivity contribution is 0.101. The lowest BCUT2D eigenvalue weighted by atomic mass is 10.1. The highest BCUT2D eigenvalue weighted by molar-refractivity contribution is 5.96. The molecule has 0 radical (unpaired) electrons. The van der Waals surface area contributed by atoms with E-state index in [1.807, 2.05) is 13.8 Å². The summed E-state index contributed by atoms with van der Waals surface area (Å²) in [6.07, 6.45) is 0.924. The highest BCUT2D eigenvalue weighted by Crippen LogP contribution is 2.23. The molecule has 3 rings (SSSR count). The molecule has 3 heterocycles. The van der Waals surface area contributed by atoms with Gasteiger partial charge in [0.15, 0.2) is 11.6 Å². The van der Waals surface area contributed by atoms with Crippen molar-refractivity contribution in [2.24, 2.45) is 0 Å². The lowest BCUT2D eigenvalue weighted by Crippen LogP contribution is -2.06. The van der Waals surface area contributed by atoms with Crippen molar-refractivity contribution in [3.05, 3.63) is 28.7 Å². The number of nitrogens with zero attached hydrogens (tertiary/aromatic N) is 4. The van der Waals surface area contributed by atoms with Crippen molar-refractivity contribution in [2.75, 3.05) is 13.2 Å². The van der Waals surface area contributed by atoms with Crippen LogP contribution in [0.2, 0.25) is 0 Å². The van der Waals surface area contributed by atoms with E-state index in [2.05, 4.69) is 15.2 Å². The standard InChI is InChI=1S/C14H18N4O3/c1-8-13(10(3)19)9(2)18(16-8)6-12-15-14(17-21-12)11-4-5-20-7-11/h11H,4-7H2,1-3H3/t11-/m1/s1. The summed E-state index contributed by atoms with van der Waals surface area (Å²) >= 11 is 0. The van der Waals surface area contributed by atoms with Crippen LogP contribution in [-0.4, -0.2) is 38.9 Å². The van der Waals surface area contributed by atoms with E-state index in [0.717, 1.165) is 24.4 Å². The van der Waals surface area contributed by atoms with Gasteiger partial charge in [0.05, 0.1) is 17.9 Å². The van der Waals surface area contributed by atoms with Gasteiger partial charge in [0.2, 0.25) is 5.89 Å². The molecule has 0 spiro atoms. The molecule has 0 unspecified atom stereocenters. The fourth-order valence-electron chi connectivity index (χ4n) is 2.72. The molecule has 0 amide bonds. The second kappa shape index (κ2) is 5.40. The van der Waals surface area contributed by atoms with Crippen molar-refractivity contribution in [1.29, 1.82) is 0 Å². The Morgan fingerprint density at radius 1 is 1.43 bits per heavy atom. The molecule has 2 aromatic heterocycles. The van der Waals surface area contributed by atoms with E-state index in [4.69, 9.17) is 9.26 Å². The van der Waals surface area contributed by atoms with Crippen LogP contribution in [0, 0.1) is 13.8 Å². The molecule has 1 aliphatic rings. The Bertz CT molecular complexity index is 668. The molecule has 1 fully saturated rings. The molecule has 1 aliphatic heterocycles. The maximum absolute atomic E-state index is 11.6. The molecular formula is C14H18N4O3. The fraction of sp³-hybridized carbons (Fsp3) is 0.571. The minimum absolute atomic E-state index is 0.0190. The molecule has 0 aromatic carbocycles. The van der Waals surface area contributed by atoms with E-state index in [9.17, 15) is 4.79 Å². The third kappa shape index (κ3) is 2.61. The third-order valence-corrected chi connectivity index (χ3v) is 3.80. The summed E-state index contributed by atoms with van der Waals surface area (Å²) in [6.45, 7) is 7.02. The van der Waals surface area contributed by atoms with Gasteiger partial charge in [-0.15, -0.1) is 0 Å². The molecule has 0 N–H and O–H groups in total. The van der Waals surface area contributed by atoms with Crippen LogP contribution in [0.1, 0.15) is 52.7 Å². The number of carbonyl (C=O) groups excluding carboxylic acids is 1. The minimum atomic E-state index is 0.0190. The van der Waals surface area contributed by atoms with Crippen molar-refractivity contribution >= 4 is 5.78 Å². The number of ether oxygens (including phenoxy) is 1. The van der Waals surface area contributed by atoms with Crippen LogP contribution >= 0.6 is 0 Å². The van der Waals surface area contributed by atoms with Crippen LogP contribution < -0.4 is 0 Å². The first-order valence-corrected chi connectivity index (χ1v) is 7.01. The number of carbonyl (C=O) groups is 1. The van der Waals surface area contributed by atoms with Crippen molar-refractivity contribution < 1.29 is 14.1 Å². The molecule has 7 nitrogen and oxygen atoms in total. The Balaban J connectivity index is 1.81. The molecule has 0 aliphatic carbocycles. The summed E-state index contributed by atoms with van der Waals surface area (Å²) in [5.41, 5.74) is 2.21. The summed E-state index contributed by atoms with van der Waals surface area (Å²) in [5, 5.41) is 8.39. The van der Waals surface area contributed by atoms with E-state index in [1.165, 1.54) is 0 Å². The quantitative estimate of drug-likeness (QED) is 0.796. The Hall–Kier alpha value is -2.02. The second-order valence-corrected chi connectivity index (χ2v) is 5.37. The Morgan fingerprint density at radius 3 is 2.86 bits per heavy atom. The maximum atomic E-state index is 11.6. The van der Waals surface area contributed by atoms with Crippen molar-refractivity contribution in [3.8, 4) is 0 Å². The first-order chi connectivity index (χ1) is 10.1. The normalized spacial score (nSPS) is 18.3. The Kier molecular flexibility index (Phi) is 3.59. The minimum Gasteiger partial charge on any atom is -0.381 e. The summed E-state index contributed by atoms with van der Waals surface area (Å²) < 4.78 is 12.3. The molecular weight excluding hydrogens is 272 g/mol. The first kappa shape index (κ1) is 13.9. The molecule has 0 bridgehead atoms. The van der Waals surface area contributed by atoms with Gasteiger partial charge >= 0.3 is 0 Å². The zero-order valence-electron chi connectivity index (χ0n) is 12.4. The Labute approximate surface area is 122 Å². The average molecular weight is 290 g/mol. The van der Waals surface area contributed by atoms with E-state index in [0.29, 0.717) is 30.4 Å². The predicted octanol–water partition coefficient (Wildman–Crippen LogP) is 1.64. The lowest BCUT2D eigenvalue weighted by Gasteiger charge is -2.01. The molecule has 1 saturated heterocycles. The van der Waals surface area contributed by atoms with Gasteiger partial charge < -0.3 is 9.26 Å². The Morgan fingerprint density at radius 2 is 2.24 bits per heavy atom. The highest BCUT2D eigenvalue weighted by Gasteiger charge is 2.24. The number of Topliss-reactive ketones (excluding diaryl/α,β-unsaturated/α-hetero) is 1. The summed E-state index contributed by atoms with van der Waals surface area (Å²) in [7, 11) is 0. The highest BCUT2D eigenvalue weighted by atomic mass is 16.5. The zero-order valence-corrected chi connectivity index (χ0v) is 12.4. The molecule has 21 heavy (non-hydrogen) atoms. The third-order valence-electron chi connectivity index (χ3n) is 3.80. The molecule has 1 atom stereocenters. The van der Waals surface area contributed by atoms with Crippen LogP contribution in [0.25, 0.3) is 0 Å². The maximum Gasteiger partial charge on any atom is 0.248 e. The summed E-state index contributed by atoms with van der Waals surface area (Å²) in [5.74, 6) is 1.43. The van der Waals surface area contributed by atoms with E-state index < -0.39 is 0 Å². The van der Waals surface area contributed by atoms with Gasteiger partial charge in [-0.05, 0) is 27.2 Å². The van der Waals surface area contributed by atoms with Crippen LogP contribution in [0.15, 0.2) is 4.52 Å². The van der Waals surface area contributed by atoms with Gasteiger partial charge in [0.1, 0.15) is 6.54 Å². The average Bonchev–Trinajstić information content (AvgIpc) is 3.11. The number of hydrogen-bond acceptors (Lipinski definition) is 6. The number of hydrogen-bond donors (Lipinski definition) is 0. The van der Waals surface area contributed by atoms with Gasteiger partial charge in [-0.3, -0.25) is 9.48 Å². The number of rotatable bonds is 4. The van der Waals surface area contributed by atoms with Crippen molar-refractivity contribution in [3.63, 3.8) is 0 Å². The summed E-state index contributed by atoms with van der Waals surface area (Å²) in [4.78, 5) is 16.0. The molecule has 0 saturated carbocycles. The van der Waals surface area contributed by atoms with Gasteiger partial charge in [0, 0.05) is 18.2 Å². The zero-order chi connectivity index (χ0) is 15.0. The van der Waals surface area contributed by atoms with Crippen LogP contribution in [0.5, 0.6) is 0 Å². The number of aromatic nitrogens is 4. The monoisotopic (exact) mass is 290 g/mol. The van der Waals surface area contributed by atoms with Crippen LogP contribution in [-0.2, 0) is 11.3 Å². The second-order valence-electron chi connectivity index (χ2n) is 5.37. The van der Waals surface area contributed by atoms with E-state index in [-0.39, 0.29) is 11.7 Å². The SMILES string of the molecule is CC(=O)c1c(C)nn(Cc2nc([C@@H]3CCOC3)no2)c1C. The van der Waals surface area contributed by atoms with E-state index in [1.54, 1.807) is 11.6 Å². The molecule has 112 valence electrons. The molecule has 7 heteroatoms. The smallest absolute Gasteiger partial charge is 0.248 e. The first-order valence-electron chi connectivity index (χ1n) is 7.01. The van der Waals surface area contributed by atoms with Crippen LogP contribution in [0.4, 0.5) is 0 Å². The number of aryl methyl sites for hydroxylation is 1. The topological polar surface area (TPSA) is 83.0 Å². The fourth-order valence-corrected chi connectivity index (χ4v) is 2.72. The van der Waals surface area contributed by atoms with Crippen molar-refractivity contribution in [1.82, 2.24) is 19.9 Å². The predicted molar refractivity (Wildman–Crippen MR) is 73.3 cm³/mol.